The zero-order valence-electron chi connectivity index (χ0n) is 14.5. The van der Waals surface area contributed by atoms with E-state index in [0.717, 1.165) is 64.6 Å². The molecule has 0 radical (unpaired) electrons. The van der Waals surface area contributed by atoms with E-state index in [-0.39, 0.29) is 0 Å². The summed E-state index contributed by atoms with van der Waals surface area (Å²) in [5.41, 5.74) is 1.35. The van der Waals surface area contributed by atoms with Crippen LogP contribution in [0.3, 0.4) is 0 Å². The molecule has 1 aliphatic rings. The van der Waals surface area contributed by atoms with Crippen molar-refractivity contribution in [2.45, 2.75) is 12.8 Å². The maximum atomic E-state index is 5.35. The number of aryl methyl sites for hydroxylation is 1. The summed E-state index contributed by atoms with van der Waals surface area (Å²) in [6, 6.07) is 10.5. The number of ether oxygens (including phenoxy) is 1. The van der Waals surface area contributed by atoms with Crippen LogP contribution in [0.1, 0.15) is 12.0 Å². The first-order valence-electron chi connectivity index (χ1n) is 8.92. The number of hydrogen-bond donors (Lipinski definition) is 2. The number of nitrogens with one attached hydrogen (secondary N) is 2. The fourth-order valence-electron chi connectivity index (χ4n) is 2.77. The van der Waals surface area contributed by atoms with Crippen molar-refractivity contribution in [3.63, 3.8) is 0 Å². The summed E-state index contributed by atoms with van der Waals surface area (Å²) in [7, 11) is 0. The van der Waals surface area contributed by atoms with Crippen LogP contribution in [0.5, 0.6) is 0 Å². The molecule has 0 unspecified atom stereocenters. The summed E-state index contributed by atoms with van der Waals surface area (Å²) in [6.45, 7) is 6.29. The molecule has 0 saturated carbocycles. The van der Waals surface area contributed by atoms with E-state index in [1.807, 2.05) is 6.07 Å². The number of rotatable bonds is 9. The molecule has 1 fully saturated rings. The van der Waals surface area contributed by atoms with Crippen molar-refractivity contribution < 1.29 is 4.74 Å². The van der Waals surface area contributed by atoms with E-state index in [1.54, 1.807) is 6.20 Å². The highest BCUT2D eigenvalue weighted by molar-refractivity contribution is 5.36. The van der Waals surface area contributed by atoms with Crippen molar-refractivity contribution >= 4 is 11.8 Å². The van der Waals surface area contributed by atoms with E-state index in [1.165, 1.54) is 5.56 Å². The van der Waals surface area contributed by atoms with E-state index in [9.17, 15) is 0 Å². The standard InChI is InChI=1S/C18H26N6O/c1-2-5-16(6-3-1)7-4-8-20-18-22-17(15-21-23-18)19-9-10-24-11-13-25-14-12-24/h1-3,5-6,15H,4,7-14H2,(H2,19,20,22,23). The van der Waals surface area contributed by atoms with Crippen molar-refractivity contribution in [1.82, 2.24) is 20.1 Å². The van der Waals surface area contributed by atoms with Crippen LogP contribution in [-0.4, -0.2) is 66.0 Å². The fourth-order valence-corrected chi connectivity index (χ4v) is 2.77. The third kappa shape index (κ3) is 6.28. The van der Waals surface area contributed by atoms with Crippen molar-refractivity contribution in [1.29, 1.82) is 0 Å². The SMILES string of the molecule is c1ccc(CCCNc2nncc(NCCN3CCOCC3)n2)cc1. The maximum absolute atomic E-state index is 5.35. The van der Waals surface area contributed by atoms with E-state index >= 15 is 0 Å². The molecule has 0 atom stereocenters. The minimum absolute atomic E-state index is 0.574. The molecule has 2 aromatic rings. The third-order valence-corrected chi connectivity index (χ3v) is 4.16. The second-order valence-corrected chi connectivity index (χ2v) is 6.06. The molecule has 1 aromatic heterocycles. The van der Waals surface area contributed by atoms with E-state index < -0.39 is 0 Å². The van der Waals surface area contributed by atoms with Crippen molar-refractivity contribution in [2.75, 3.05) is 56.6 Å². The predicted octanol–water partition coefficient (Wildman–Crippen LogP) is 1.66. The first-order chi connectivity index (χ1) is 12.4. The first-order valence-corrected chi connectivity index (χ1v) is 8.92. The fraction of sp³-hybridized carbons (Fsp3) is 0.500. The Morgan fingerprint density at radius 3 is 2.72 bits per heavy atom. The summed E-state index contributed by atoms with van der Waals surface area (Å²) >= 11 is 0. The van der Waals surface area contributed by atoms with Crippen molar-refractivity contribution in [3.05, 3.63) is 42.1 Å². The van der Waals surface area contributed by atoms with E-state index in [4.69, 9.17) is 4.74 Å². The topological polar surface area (TPSA) is 75.2 Å². The number of morpholine rings is 1. The van der Waals surface area contributed by atoms with E-state index in [2.05, 4.69) is 55.0 Å². The highest BCUT2D eigenvalue weighted by Crippen LogP contribution is 2.06. The molecule has 2 N–H and O–H groups in total. The second kappa shape index (κ2) is 9.90. The van der Waals surface area contributed by atoms with Crippen LogP contribution in [0.2, 0.25) is 0 Å². The lowest BCUT2D eigenvalue weighted by molar-refractivity contribution is 0.0398. The average Bonchev–Trinajstić information content (AvgIpc) is 2.67. The monoisotopic (exact) mass is 342 g/mol. The Hall–Kier alpha value is -2.25. The molecule has 1 aliphatic heterocycles. The van der Waals surface area contributed by atoms with Gasteiger partial charge in [0.2, 0.25) is 5.95 Å². The molecule has 7 heteroatoms. The Kier molecular flexibility index (Phi) is 6.96. The van der Waals surface area contributed by atoms with Gasteiger partial charge >= 0.3 is 0 Å². The Morgan fingerprint density at radius 1 is 1.04 bits per heavy atom. The van der Waals surface area contributed by atoms with Crippen molar-refractivity contribution in [2.24, 2.45) is 0 Å². The molecule has 0 amide bonds. The molecule has 134 valence electrons. The minimum Gasteiger partial charge on any atom is -0.379 e. The first kappa shape index (κ1) is 17.6. The lowest BCUT2D eigenvalue weighted by atomic mass is 10.1. The molecule has 1 aromatic carbocycles. The molecule has 25 heavy (non-hydrogen) atoms. The van der Waals surface area contributed by atoms with Crippen LogP contribution in [0.4, 0.5) is 11.8 Å². The number of benzene rings is 1. The smallest absolute Gasteiger partial charge is 0.244 e. The van der Waals surface area contributed by atoms with Crippen LogP contribution in [0.25, 0.3) is 0 Å². The van der Waals surface area contributed by atoms with Gasteiger partial charge in [0.25, 0.3) is 0 Å². The largest absolute Gasteiger partial charge is 0.379 e. The van der Waals surface area contributed by atoms with Gasteiger partial charge in [-0.15, -0.1) is 5.10 Å². The zero-order chi connectivity index (χ0) is 17.2. The third-order valence-electron chi connectivity index (χ3n) is 4.16. The molecule has 3 rings (SSSR count). The van der Waals surface area contributed by atoms with Crippen LogP contribution in [0, 0.1) is 0 Å². The Morgan fingerprint density at radius 2 is 1.88 bits per heavy atom. The van der Waals surface area contributed by atoms with Gasteiger partial charge in [-0.2, -0.15) is 10.1 Å². The molecule has 7 nitrogen and oxygen atoms in total. The maximum Gasteiger partial charge on any atom is 0.244 e. The predicted molar refractivity (Wildman–Crippen MR) is 98.8 cm³/mol. The molecule has 0 spiro atoms. The van der Waals surface area contributed by atoms with Crippen LogP contribution >= 0.6 is 0 Å². The van der Waals surface area contributed by atoms with Gasteiger partial charge in [0.05, 0.1) is 19.4 Å². The second-order valence-electron chi connectivity index (χ2n) is 6.06. The Bertz CT molecular complexity index is 618. The average molecular weight is 342 g/mol. The van der Waals surface area contributed by atoms with E-state index in [0.29, 0.717) is 5.95 Å². The van der Waals surface area contributed by atoms with Gasteiger partial charge in [-0.3, -0.25) is 4.90 Å². The van der Waals surface area contributed by atoms with Gasteiger partial charge in [0.1, 0.15) is 0 Å². The van der Waals surface area contributed by atoms with Crippen LogP contribution in [0.15, 0.2) is 36.5 Å². The number of nitrogens with zero attached hydrogens (tertiary/aromatic N) is 4. The quantitative estimate of drug-likeness (QED) is 0.671. The van der Waals surface area contributed by atoms with Crippen molar-refractivity contribution in [3.8, 4) is 0 Å². The lowest BCUT2D eigenvalue weighted by Crippen LogP contribution is -2.39. The van der Waals surface area contributed by atoms with Gasteiger partial charge in [-0.1, -0.05) is 30.3 Å². The number of anilines is 2. The normalized spacial score (nSPS) is 15.0. The Labute approximate surface area is 148 Å². The number of hydrogen-bond acceptors (Lipinski definition) is 7. The number of aromatic nitrogens is 3. The Balaban J connectivity index is 1.35. The van der Waals surface area contributed by atoms with Gasteiger partial charge in [-0.05, 0) is 18.4 Å². The molecular weight excluding hydrogens is 316 g/mol. The van der Waals surface area contributed by atoms with Crippen LogP contribution in [-0.2, 0) is 11.2 Å². The van der Waals surface area contributed by atoms with Gasteiger partial charge in [0, 0.05) is 32.7 Å². The molecule has 1 saturated heterocycles. The summed E-state index contributed by atoms with van der Waals surface area (Å²) in [5.74, 6) is 1.33. The minimum atomic E-state index is 0.574. The van der Waals surface area contributed by atoms with Gasteiger partial charge < -0.3 is 15.4 Å². The summed E-state index contributed by atoms with van der Waals surface area (Å²) in [4.78, 5) is 6.84. The van der Waals surface area contributed by atoms with Crippen LogP contribution < -0.4 is 10.6 Å². The molecular formula is C18H26N6O. The molecule has 0 bridgehead atoms. The molecule has 0 aliphatic carbocycles. The summed E-state index contributed by atoms with van der Waals surface area (Å²) < 4.78 is 5.35. The van der Waals surface area contributed by atoms with Gasteiger partial charge in [0.15, 0.2) is 5.82 Å². The highest BCUT2D eigenvalue weighted by Gasteiger charge is 2.09. The lowest BCUT2D eigenvalue weighted by Gasteiger charge is -2.26. The zero-order valence-corrected chi connectivity index (χ0v) is 14.5. The highest BCUT2D eigenvalue weighted by atomic mass is 16.5. The van der Waals surface area contributed by atoms with Gasteiger partial charge in [-0.25, -0.2) is 0 Å². The summed E-state index contributed by atoms with van der Waals surface area (Å²) in [5, 5.41) is 14.6. The summed E-state index contributed by atoms with van der Waals surface area (Å²) in [6.07, 6.45) is 3.73. The molecule has 2 heterocycles.